The Morgan fingerprint density at radius 2 is 1.87 bits per heavy atom. The van der Waals surface area contributed by atoms with Gasteiger partial charge in [-0.3, -0.25) is 0 Å². The van der Waals surface area contributed by atoms with Crippen molar-refractivity contribution in [3.63, 3.8) is 0 Å². The van der Waals surface area contributed by atoms with Gasteiger partial charge in [0.2, 0.25) is 0 Å². The SMILES string of the molecule is CC(C)(C)CCCCC1=CC=C(F)CC1. The highest BCUT2D eigenvalue weighted by atomic mass is 19.1. The third-order valence-electron chi connectivity index (χ3n) is 2.86. The van der Waals surface area contributed by atoms with Gasteiger partial charge in [0.1, 0.15) is 5.83 Å². The van der Waals surface area contributed by atoms with Crippen LogP contribution in [0.25, 0.3) is 0 Å². The predicted octanol–water partition coefficient (Wildman–Crippen LogP) is 5.17. The second-order valence-electron chi connectivity index (χ2n) is 5.71. The largest absolute Gasteiger partial charge is 0.212 e. The van der Waals surface area contributed by atoms with Gasteiger partial charge in [-0.25, -0.2) is 4.39 Å². The molecule has 0 unspecified atom stereocenters. The number of halogens is 1. The number of unbranched alkanes of at least 4 members (excludes halogenated alkanes) is 1. The molecular weight excluding hydrogens is 187 g/mol. The van der Waals surface area contributed by atoms with Gasteiger partial charge >= 0.3 is 0 Å². The molecule has 0 aromatic heterocycles. The summed E-state index contributed by atoms with van der Waals surface area (Å²) < 4.78 is 12.7. The van der Waals surface area contributed by atoms with Crippen LogP contribution in [0.2, 0.25) is 0 Å². The molecule has 0 radical (unpaired) electrons. The van der Waals surface area contributed by atoms with Crippen LogP contribution in [0.15, 0.2) is 23.6 Å². The Bertz CT molecular complexity index is 253. The Balaban J connectivity index is 2.16. The molecule has 0 fully saturated rings. The Morgan fingerprint density at radius 3 is 2.40 bits per heavy atom. The third kappa shape index (κ3) is 5.76. The summed E-state index contributed by atoms with van der Waals surface area (Å²) in [5.41, 5.74) is 1.87. The van der Waals surface area contributed by atoms with E-state index in [0.29, 0.717) is 11.8 Å². The summed E-state index contributed by atoms with van der Waals surface area (Å²) in [5.74, 6) is 0.0356. The minimum Gasteiger partial charge on any atom is -0.212 e. The van der Waals surface area contributed by atoms with E-state index in [4.69, 9.17) is 0 Å². The lowest BCUT2D eigenvalue weighted by molar-refractivity contribution is 0.360. The number of rotatable bonds is 4. The molecule has 0 saturated heterocycles. The molecule has 1 aliphatic carbocycles. The van der Waals surface area contributed by atoms with E-state index in [2.05, 4.69) is 20.8 Å². The third-order valence-corrected chi connectivity index (χ3v) is 2.86. The first-order chi connectivity index (χ1) is 6.97. The van der Waals surface area contributed by atoms with Crippen molar-refractivity contribution in [3.8, 4) is 0 Å². The molecule has 1 rings (SSSR count). The zero-order valence-electron chi connectivity index (χ0n) is 10.3. The lowest BCUT2D eigenvalue weighted by atomic mass is 9.88. The quantitative estimate of drug-likeness (QED) is 0.562. The molecular formula is C14H23F. The second kappa shape index (κ2) is 5.48. The van der Waals surface area contributed by atoms with Gasteiger partial charge in [-0.1, -0.05) is 38.8 Å². The summed E-state index contributed by atoms with van der Waals surface area (Å²) in [5, 5.41) is 0. The van der Waals surface area contributed by atoms with Crippen LogP contribution in [-0.4, -0.2) is 0 Å². The normalized spacial score (nSPS) is 17.3. The Morgan fingerprint density at radius 1 is 1.13 bits per heavy atom. The van der Waals surface area contributed by atoms with Gasteiger partial charge in [-0.2, -0.15) is 0 Å². The fourth-order valence-corrected chi connectivity index (χ4v) is 1.87. The molecule has 86 valence electrons. The highest BCUT2D eigenvalue weighted by Crippen LogP contribution is 2.26. The van der Waals surface area contributed by atoms with E-state index in [0.717, 1.165) is 12.8 Å². The Labute approximate surface area is 93.3 Å². The molecule has 0 heterocycles. The fraction of sp³-hybridized carbons (Fsp3) is 0.714. The van der Waals surface area contributed by atoms with E-state index in [1.54, 1.807) is 6.08 Å². The molecule has 0 saturated carbocycles. The summed E-state index contributed by atoms with van der Waals surface area (Å²) in [4.78, 5) is 0. The lowest BCUT2D eigenvalue weighted by Crippen LogP contribution is -2.04. The molecule has 0 aromatic rings. The highest BCUT2D eigenvalue weighted by Gasteiger charge is 2.10. The van der Waals surface area contributed by atoms with Gasteiger partial charge in [0.15, 0.2) is 0 Å². The van der Waals surface area contributed by atoms with Crippen molar-refractivity contribution in [3.05, 3.63) is 23.6 Å². The Hall–Kier alpha value is -0.590. The monoisotopic (exact) mass is 210 g/mol. The van der Waals surface area contributed by atoms with Crippen molar-refractivity contribution in [1.82, 2.24) is 0 Å². The maximum absolute atomic E-state index is 12.7. The van der Waals surface area contributed by atoms with Crippen LogP contribution < -0.4 is 0 Å². The van der Waals surface area contributed by atoms with E-state index >= 15 is 0 Å². The first kappa shape index (κ1) is 12.5. The Kier molecular flexibility index (Phi) is 4.56. The first-order valence-corrected chi connectivity index (χ1v) is 6.01. The number of hydrogen-bond donors (Lipinski definition) is 0. The van der Waals surface area contributed by atoms with Crippen molar-refractivity contribution < 1.29 is 4.39 Å². The molecule has 0 N–H and O–H groups in total. The molecule has 0 nitrogen and oxygen atoms in total. The lowest BCUT2D eigenvalue weighted by Gasteiger charge is -2.18. The van der Waals surface area contributed by atoms with E-state index in [9.17, 15) is 4.39 Å². The fourth-order valence-electron chi connectivity index (χ4n) is 1.87. The second-order valence-corrected chi connectivity index (χ2v) is 5.71. The number of hydrogen-bond acceptors (Lipinski definition) is 0. The van der Waals surface area contributed by atoms with Gasteiger partial charge < -0.3 is 0 Å². The highest BCUT2D eigenvalue weighted by molar-refractivity contribution is 5.20. The van der Waals surface area contributed by atoms with Crippen molar-refractivity contribution in [1.29, 1.82) is 0 Å². The molecule has 0 spiro atoms. The van der Waals surface area contributed by atoms with Gasteiger partial charge in [0, 0.05) is 6.42 Å². The van der Waals surface area contributed by atoms with Crippen molar-refractivity contribution in [2.75, 3.05) is 0 Å². The maximum Gasteiger partial charge on any atom is 0.100 e. The van der Waals surface area contributed by atoms with Crippen LogP contribution >= 0.6 is 0 Å². The van der Waals surface area contributed by atoms with Crippen LogP contribution in [0, 0.1) is 5.41 Å². The molecule has 0 aromatic carbocycles. The average Bonchev–Trinajstić information content (AvgIpc) is 2.14. The molecule has 0 aliphatic heterocycles. The molecule has 0 bridgehead atoms. The minimum atomic E-state index is 0.0356. The molecule has 1 aliphatic rings. The van der Waals surface area contributed by atoms with Crippen molar-refractivity contribution in [2.24, 2.45) is 5.41 Å². The minimum absolute atomic E-state index is 0.0356. The zero-order chi connectivity index (χ0) is 11.3. The van der Waals surface area contributed by atoms with Crippen LogP contribution in [0.3, 0.4) is 0 Å². The molecule has 0 atom stereocenters. The van der Waals surface area contributed by atoms with E-state index in [1.807, 2.05) is 6.08 Å². The maximum atomic E-state index is 12.7. The van der Waals surface area contributed by atoms with Crippen molar-refractivity contribution in [2.45, 2.75) is 59.3 Å². The topological polar surface area (TPSA) is 0 Å². The molecule has 0 amide bonds. The average molecular weight is 210 g/mol. The van der Waals surface area contributed by atoms with Gasteiger partial charge in [-0.05, 0) is 37.2 Å². The smallest absolute Gasteiger partial charge is 0.100 e. The van der Waals surface area contributed by atoms with Crippen LogP contribution in [-0.2, 0) is 0 Å². The summed E-state index contributed by atoms with van der Waals surface area (Å²) in [6, 6.07) is 0. The summed E-state index contributed by atoms with van der Waals surface area (Å²) in [6.45, 7) is 6.85. The van der Waals surface area contributed by atoms with Crippen LogP contribution in [0.5, 0.6) is 0 Å². The van der Waals surface area contributed by atoms with Crippen LogP contribution in [0.1, 0.15) is 59.3 Å². The van der Waals surface area contributed by atoms with Crippen LogP contribution in [0.4, 0.5) is 4.39 Å². The van der Waals surface area contributed by atoms with Gasteiger partial charge in [0.05, 0.1) is 0 Å². The first-order valence-electron chi connectivity index (χ1n) is 6.01. The van der Waals surface area contributed by atoms with E-state index in [-0.39, 0.29) is 5.83 Å². The summed E-state index contributed by atoms with van der Waals surface area (Å²) >= 11 is 0. The standard InChI is InChI=1S/C14H23F/c1-14(2,3)11-5-4-6-12-7-9-13(15)10-8-12/h7,9H,4-6,8,10-11H2,1-3H3. The van der Waals surface area contributed by atoms with E-state index in [1.165, 1.54) is 24.8 Å². The van der Waals surface area contributed by atoms with E-state index < -0.39 is 0 Å². The summed E-state index contributed by atoms with van der Waals surface area (Å²) in [7, 11) is 0. The van der Waals surface area contributed by atoms with Crippen molar-refractivity contribution >= 4 is 0 Å². The predicted molar refractivity (Wildman–Crippen MR) is 64.4 cm³/mol. The van der Waals surface area contributed by atoms with Gasteiger partial charge in [0.25, 0.3) is 0 Å². The number of allylic oxidation sites excluding steroid dienone is 4. The molecule has 1 heteroatoms. The van der Waals surface area contributed by atoms with Gasteiger partial charge in [-0.15, -0.1) is 0 Å². The summed E-state index contributed by atoms with van der Waals surface area (Å²) in [6.07, 6.45) is 10.1. The zero-order valence-corrected chi connectivity index (χ0v) is 10.3. The molecule has 15 heavy (non-hydrogen) atoms.